The van der Waals surface area contributed by atoms with Crippen molar-refractivity contribution in [3.8, 4) is 0 Å². The van der Waals surface area contributed by atoms with Crippen LogP contribution in [-0.2, 0) is 4.79 Å². The normalized spacial score (nSPS) is 40.0. The van der Waals surface area contributed by atoms with Gasteiger partial charge in [-0.2, -0.15) is 0 Å². The van der Waals surface area contributed by atoms with Crippen molar-refractivity contribution in [2.75, 3.05) is 12.3 Å². The van der Waals surface area contributed by atoms with Crippen molar-refractivity contribution < 1.29 is 4.79 Å². The Morgan fingerprint density at radius 3 is 2.60 bits per heavy atom. The summed E-state index contributed by atoms with van der Waals surface area (Å²) in [5, 5.41) is 3.69. The van der Waals surface area contributed by atoms with Crippen molar-refractivity contribution in [3.63, 3.8) is 0 Å². The monoisotopic (exact) mass is 296 g/mol. The minimum atomic E-state index is -0.140. The number of piperidine rings is 1. The predicted octanol–water partition coefficient (Wildman–Crippen LogP) is 2.79. The van der Waals surface area contributed by atoms with Crippen molar-refractivity contribution in [3.05, 3.63) is 0 Å². The molecule has 3 nitrogen and oxygen atoms in total. The molecule has 1 amide bonds. The number of fused-ring (bicyclic) bond motifs is 2. The molecule has 3 atom stereocenters. The van der Waals surface area contributed by atoms with Gasteiger partial charge in [0.15, 0.2) is 0 Å². The van der Waals surface area contributed by atoms with Crippen LogP contribution in [0.1, 0.15) is 58.8 Å². The predicted molar refractivity (Wildman–Crippen MR) is 85.1 cm³/mol. The summed E-state index contributed by atoms with van der Waals surface area (Å²) >= 11 is 1.88. The summed E-state index contributed by atoms with van der Waals surface area (Å²) in [5.41, 5.74) is 0. The lowest BCUT2D eigenvalue weighted by molar-refractivity contribution is -0.136. The number of nitrogens with zero attached hydrogens (tertiary/aromatic N) is 1. The maximum absolute atomic E-state index is 13.1. The molecule has 3 aliphatic rings. The first kappa shape index (κ1) is 14.7. The van der Waals surface area contributed by atoms with Crippen molar-refractivity contribution in [1.29, 1.82) is 0 Å². The van der Waals surface area contributed by atoms with E-state index in [1.54, 1.807) is 0 Å². The Labute approximate surface area is 127 Å². The lowest BCUT2D eigenvalue weighted by atomic mass is 9.95. The van der Waals surface area contributed by atoms with Gasteiger partial charge >= 0.3 is 0 Å². The third kappa shape index (κ3) is 2.74. The molecule has 0 spiro atoms. The van der Waals surface area contributed by atoms with Crippen LogP contribution >= 0.6 is 11.8 Å². The van der Waals surface area contributed by atoms with E-state index in [1.165, 1.54) is 32.1 Å². The molecule has 0 aromatic rings. The van der Waals surface area contributed by atoms with Crippen molar-refractivity contribution in [1.82, 2.24) is 10.2 Å². The fraction of sp³-hybridized carbons (Fsp3) is 0.938. The van der Waals surface area contributed by atoms with Gasteiger partial charge in [-0.15, -0.1) is 11.8 Å². The molecule has 0 radical (unpaired) electrons. The molecule has 3 saturated heterocycles. The van der Waals surface area contributed by atoms with E-state index in [0.717, 1.165) is 25.1 Å². The maximum Gasteiger partial charge on any atom is 0.238 e. The lowest BCUT2D eigenvalue weighted by Gasteiger charge is -2.41. The Bertz CT molecular complexity index is 355. The summed E-state index contributed by atoms with van der Waals surface area (Å²) in [6, 6.07) is 1.81. The molecule has 3 heterocycles. The van der Waals surface area contributed by atoms with Gasteiger partial charge in [-0.1, -0.05) is 6.92 Å². The molecule has 3 fully saturated rings. The minimum Gasteiger partial charge on any atom is -0.338 e. The average molecular weight is 296 g/mol. The summed E-state index contributed by atoms with van der Waals surface area (Å²) in [7, 11) is 0. The van der Waals surface area contributed by atoms with E-state index < -0.39 is 0 Å². The third-order valence-electron chi connectivity index (χ3n) is 5.29. The van der Waals surface area contributed by atoms with E-state index in [-0.39, 0.29) is 4.75 Å². The van der Waals surface area contributed by atoms with Crippen LogP contribution in [0.3, 0.4) is 0 Å². The van der Waals surface area contributed by atoms with E-state index in [9.17, 15) is 4.79 Å². The Kier molecular flexibility index (Phi) is 4.32. The summed E-state index contributed by atoms with van der Waals surface area (Å²) in [6.07, 6.45) is 8.29. The number of rotatable bonds is 4. The Hall–Kier alpha value is -0.220. The highest BCUT2D eigenvalue weighted by molar-refractivity contribution is 8.01. The number of carbonyl (C=O) groups excluding carboxylic acids is 1. The number of carbonyl (C=O) groups is 1. The van der Waals surface area contributed by atoms with E-state index in [0.29, 0.717) is 24.0 Å². The lowest BCUT2D eigenvalue weighted by Crippen LogP contribution is -2.54. The zero-order chi connectivity index (χ0) is 14.2. The zero-order valence-corrected chi connectivity index (χ0v) is 13.7. The number of nitrogens with one attached hydrogen (secondary N) is 1. The smallest absolute Gasteiger partial charge is 0.238 e. The highest BCUT2D eigenvalue weighted by atomic mass is 32.2. The van der Waals surface area contributed by atoms with Crippen LogP contribution in [-0.4, -0.2) is 46.0 Å². The van der Waals surface area contributed by atoms with Crippen molar-refractivity contribution in [2.45, 2.75) is 81.7 Å². The largest absolute Gasteiger partial charge is 0.338 e. The van der Waals surface area contributed by atoms with Crippen molar-refractivity contribution >= 4 is 17.7 Å². The number of thioether (sulfide) groups is 1. The van der Waals surface area contributed by atoms with E-state index in [1.807, 2.05) is 11.8 Å². The first-order chi connectivity index (χ1) is 9.62. The molecule has 0 aliphatic carbocycles. The zero-order valence-electron chi connectivity index (χ0n) is 12.9. The van der Waals surface area contributed by atoms with Gasteiger partial charge in [0.1, 0.15) is 0 Å². The molecule has 3 rings (SSSR count). The quantitative estimate of drug-likeness (QED) is 0.866. The first-order valence-corrected chi connectivity index (χ1v) is 9.32. The molecular formula is C16H28N2OS. The van der Waals surface area contributed by atoms with Crippen LogP contribution in [0.2, 0.25) is 0 Å². The summed E-state index contributed by atoms with van der Waals surface area (Å²) in [5.74, 6) is 1.58. The van der Waals surface area contributed by atoms with Gasteiger partial charge in [0, 0.05) is 24.7 Å². The SMILES string of the molecule is CCCN(C(=O)C1(C)CCCS1)C1CC2CCC(C1)N2. The van der Waals surface area contributed by atoms with Crippen LogP contribution in [0.5, 0.6) is 0 Å². The summed E-state index contributed by atoms with van der Waals surface area (Å²) in [4.78, 5) is 15.3. The molecule has 114 valence electrons. The minimum absolute atomic E-state index is 0.140. The first-order valence-electron chi connectivity index (χ1n) is 8.33. The van der Waals surface area contributed by atoms with Gasteiger partial charge in [-0.3, -0.25) is 4.79 Å². The number of amides is 1. The van der Waals surface area contributed by atoms with Gasteiger partial charge in [0.05, 0.1) is 4.75 Å². The molecule has 0 aromatic heterocycles. The second-order valence-electron chi connectivity index (χ2n) is 6.94. The summed E-state index contributed by atoms with van der Waals surface area (Å²) < 4.78 is -0.140. The molecule has 0 aromatic carbocycles. The second kappa shape index (κ2) is 5.88. The number of hydrogen-bond donors (Lipinski definition) is 1. The topological polar surface area (TPSA) is 32.3 Å². The van der Waals surface area contributed by atoms with Crippen LogP contribution in [0.15, 0.2) is 0 Å². The van der Waals surface area contributed by atoms with E-state index in [2.05, 4.69) is 24.1 Å². The molecule has 0 saturated carbocycles. The fourth-order valence-corrected chi connectivity index (χ4v) is 5.49. The van der Waals surface area contributed by atoms with Crippen LogP contribution in [0.4, 0.5) is 0 Å². The molecule has 3 unspecified atom stereocenters. The van der Waals surface area contributed by atoms with Gasteiger partial charge in [-0.05, 0) is 57.6 Å². The Morgan fingerprint density at radius 2 is 2.05 bits per heavy atom. The van der Waals surface area contributed by atoms with Gasteiger partial charge in [0.25, 0.3) is 0 Å². The molecular weight excluding hydrogens is 268 g/mol. The van der Waals surface area contributed by atoms with E-state index in [4.69, 9.17) is 0 Å². The van der Waals surface area contributed by atoms with Crippen LogP contribution < -0.4 is 5.32 Å². The van der Waals surface area contributed by atoms with Crippen LogP contribution in [0.25, 0.3) is 0 Å². The Morgan fingerprint density at radius 1 is 1.35 bits per heavy atom. The number of hydrogen-bond acceptors (Lipinski definition) is 3. The van der Waals surface area contributed by atoms with Gasteiger partial charge in [-0.25, -0.2) is 0 Å². The van der Waals surface area contributed by atoms with E-state index >= 15 is 0 Å². The second-order valence-corrected chi connectivity index (χ2v) is 8.54. The fourth-order valence-electron chi connectivity index (χ4n) is 4.22. The van der Waals surface area contributed by atoms with Crippen molar-refractivity contribution in [2.24, 2.45) is 0 Å². The molecule has 20 heavy (non-hydrogen) atoms. The maximum atomic E-state index is 13.1. The van der Waals surface area contributed by atoms with Gasteiger partial charge in [0.2, 0.25) is 5.91 Å². The average Bonchev–Trinajstić information content (AvgIpc) is 3.02. The highest BCUT2D eigenvalue weighted by Gasteiger charge is 2.44. The third-order valence-corrected chi connectivity index (χ3v) is 6.79. The molecule has 2 bridgehead atoms. The summed E-state index contributed by atoms with van der Waals surface area (Å²) in [6.45, 7) is 5.31. The molecule has 3 aliphatic heterocycles. The molecule has 1 N–H and O–H groups in total. The Balaban J connectivity index is 1.73. The standard InChI is InChI=1S/C16H28N2OS/c1-3-8-18(15(19)16(2)7-4-9-20-16)14-10-12-5-6-13(11-14)17-12/h12-14,17H,3-11H2,1-2H3. The van der Waals surface area contributed by atoms with Gasteiger partial charge < -0.3 is 10.2 Å². The highest BCUT2D eigenvalue weighted by Crippen LogP contribution is 2.41. The molecule has 4 heteroatoms. The van der Waals surface area contributed by atoms with Crippen LogP contribution in [0, 0.1) is 0 Å².